The molecule has 0 fully saturated rings. The molecule has 0 aromatic heterocycles. The minimum atomic E-state index is -3.68. The Balaban J connectivity index is 2.40. The van der Waals surface area contributed by atoms with Gasteiger partial charge in [-0.2, -0.15) is 0 Å². The lowest BCUT2D eigenvalue weighted by atomic mass is 10.2. The first-order valence-corrected chi connectivity index (χ1v) is 7.71. The van der Waals surface area contributed by atoms with Crippen molar-refractivity contribution < 1.29 is 12.8 Å². The molecule has 0 bridgehead atoms. The quantitative estimate of drug-likeness (QED) is 0.923. The fraction of sp³-hybridized carbons (Fsp3) is 0.0769. The van der Waals surface area contributed by atoms with Crippen molar-refractivity contribution in [2.45, 2.75) is 11.8 Å². The number of aryl methyl sites for hydroxylation is 1. The zero-order chi connectivity index (χ0) is 14.0. The molecule has 0 aliphatic carbocycles. The average Bonchev–Trinajstić information content (AvgIpc) is 2.33. The summed E-state index contributed by atoms with van der Waals surface area (Å²) >= 11 is 3.12. The predicted octanol–water partition coefficient (Wildman–Crippen LogP) is 3.70. The molecule has 0 heterocycles. The summed E-state index contributed by atoms with van der Waals surface area (Å²) in [5.74, 6) is -0.439. The summed E-state index contributed by atoms with van der Waals surface area (Å²) in [6.45, 7) is 1.72. The second kappa shape index (κ2) is 5.30. The van der Waals surface area contributed by atoms with Crippen molar-refractivity contribution in [1.29, 1.82) is 0 Å². The molecule has 100 valence electrons. The number of sulfonamides is 1. The van der Waals surface area contributed by atoms with Gasteiger partial charge in [-0.25, -0.2) is 12.8 Å². The van der Waals surface area contributed by atoms with Crippen LogP contribution in [-0.4, -0.2) is 8.42 Å². The van der Waals surface area contributed by atoms with Gasteiger partial charge in [-0.3, -0.25) is 4.72 Å². The molecular weight excluding hydrogens is 333 g/mol. The van der Waals surface area contributed by atoms with Gasteiger partial charge < -0.3 is 0 Å². The second-order valence-corrected chi connectivity index (χ2v) is 6.50. The van der Waals surface area contributed by atoms with Gasteiger partial charge in [0.1, 0.15) is 5.82 Å². The number of rotatable bonds is 3. The Bertz CT molecular complexity index is 716. The number of hydrogen-bond acceptors (Lipinski definition) is 2. The van der Waals surface area contributed by atoms with E-state index in [0.717, 1.165) is 0 Å². The predicted molar refractivity (Wildman–Crippen MR) is 76.1 cm³/mol. The van der Waals surface area contributed by atoms with E-state index in [-0.39, 0.29) is 4.90 Å². The Morgan fingerprint density at radius 1 is 1.16 bits per heavy atom. The fourth-order valence-corrected chi connectivity index (χ4v) is 3.54. The van der Waals surface area contributed by atoms with E-state index in [9.17, 15) is 12.8 Å². The van der Waals surface area contributed by atoms with Gasteiger partial charge in [0, 0.05) is 4.47 Å². The van der Waals surface area contributed by atoms with Crippen molar-refractivity contribution >= 4 is 31.6 Å². The summed E-state index contributed by atoms with van der Waals surface area (Å²) in [5.41, 5.74) is 0.942. The van der Waals surface area contributed by atoms with Crippen LogP contribution in [0.25, 0.3) is 0 Å². The van der Waals surface area contributed by atoms with Crippen LogP contribution in [0.2, 0.25) is 0 Å². The number of halogens is 2. The van der Waals surface area contributed by atoms with Crippen LogP contribution in [0.5, 0.6) is 0 Å². The second-order valence-electron chi connectivity index (χ2n) is 4.00. The summed E-state index contributed by atoms with van der Waals surface area (Å²) in [6.07, 6.45) is 0. The maximum Gasteiger partial charge on any atom is 0.262 e. The van der Waals surface area contributed by atoms with E-state index in [1.807, 2.05) is 0 Å². The van der Waals surface area contributed by atoms with Crippen LogP contribution in [-0.2, 0) is 10.0 Å². The molecule has 0 atom stereocenters. The van der Waals surface area contributed by atoms with Gasteiger partial charge in [0.2, 0.25) is 0 Å². The molecule has 0 aliphatic rings. The highest BCUT2D eigenvalue weighted by Crippen LogP contribution is 2.26. The van der Waals surface area contributed by atoms with Crippen molar-refractivity contribution in [2.24, 2.45) is 0 Å². The average molecular weight is 344 g/mol. The van der Waals surface area contributed by atoms with Crippen molar-refractivity contribution in [2.75, 3.05) is 4.72 Å². The summed E-state index contributed by atoms with van der Waals surface area (Å²) in [5, 5.41) is 0. The molecule has 0 unspecified atom stereocenters. The molecule has 2 aromatic carbocycles. The highest BCUT2D eigenvalue weighted by molar-refractivity contribution is 9.10. The Labute approximate surface area is 119 Å². The molecule has 0 saturated heterocycles. The third kappa shape index (κ3) is 3.13. The van der Waals surface area contributed by atoms with E-state index in [0.29, 0.717) is 15.7 Å². The van der Waals surface area contributed by atoms with E-state index in [2.05, 4.69) is 20.7 Å². The smallest absolute Gasteiger partial charge is 0.262 e. The molecule has 19 heavy (non-hydrogen) atoms. The molecule has 0 spiro atoms. The van der Waals surface area contributed by atoms with Gasteiger partial charge >= 0.3 is 0 Å². The summed E-state index contributed by atoms with van der Waals surface area (Å²) < 4.78 is 40.2. The van der Waals surface area contributed by atoms with Crippen LogP contribution in [0.15, 0.2) is 51.8 Å². The standard InChI is InChI=1S/C13H11BrFNO2S/c1-9-4-2-3-5-13(9)19(17,18)16-12-7-6-10(15)8-11(12)14/h2-8,16H,1H3. The molecule has 0 amide bonds. The molecule has 2 aromatic rings. The van der Waals surface area contributed by atoms with Crippen LogP contribution >= 0.6 is 15.9 Å². The SMILES string of the molecule is Cc1ccccc1S(=O)(=O)Nc1ccc(F)cc1Br. The Kier molecular flexibility index (Phi) is 3.91. The lowest BCUT2D eigenvalue weighted by molar-refractivity contribution is 0.600. The first-order chi connectivity index (χ1) is 8.90. The van der Waals surface area contributed by atoms with Crippen LogP contribution in [0, 0.1) is 12.7 Å². The van der Waals surface area contributed by atoms with E-state index in [4.69, 9.17) is 0 Å². The maximum absolute atomic E-state index is 13.0. The third-order valence-corrected chi connectivity index (χ3v) is 4.74. The van der Waals surface area contributed by atoms with Crippen LogP contribution < -0.4 is 4.72 Å². The lowest BCUT2D eigenvalue weighted by Crippen LogP contribution is -2.14. The largest absolute Gasteiger partial charge is 0.278 e. The normalized spacial score (nSPS) is 11.3. The molecule has 0 aliphatic heterocycles. The number of benzene rings is 2. The number of nitrogens with one attached hydrogen (secondary N) is 1. The van der Waals surface area contributed by atoms with Gasteiger partial charge in [-0.1, -0.05) is 18.2 Å². The zero-order valence-corrected chi connectivity index (χ0v) is 12.4. The highest BCUT2D eigenvalue weighted by Gasteiger charge is 2.17. The van der Waals surface area contributed by atoms with Crippen LogP contribution in [0.3, 0.4) is 0 Å². The van der Waals surface area contributed by atoms with Gasteiger partial charge in [-0.15, -0.1) is 0 Å². The summed E-state index contributed by atoms with van der Waals surface area (Å²) in [7, 11) is -3.68. The van der Waals surface area contributed by atoms with Gasteiger partial charge in [0.25, 0.3) is 10.0 Å². The van der Waals surface area contributed by atoms with Gasteiger partial charge in [0.15, 0.2) is 0 Å². The van der Waals surface area contributed by atoms with E-state index >= 15 is 0 Å². The molecule has 1 N–H and O–H groups in total. The number of anilines is 1. The molecule has 0 saturated carbocycles. The molecule has 0 radical (unpaired) electrons. The van der Waals surface area contributed by atoms with Crippen LogP contribution in [0.1, 0.15) is 5.56 Å². The molecular formula is C13H11BrFNO2S. The van der Waals surface area contributed by atoms with Gasteiger partial charge in [0.05, 0.1) is 10.6 Å². The first kappa shape index (κ1) is 14.0. The van der Waals surface area contributed by atoms with Crippen molar-refractivity contribution in [3.8, 4) is 0 Å². The molecule has 6 heteroatoms. The van der Waals surface area contributed by atoms with E-state index < -0.39 is 15.8 Å². The third-order valence-electron chi connectivity index (χ3n) is 2.56. The van der Waals surface area contributed by atoms with Crippen molar-refractivity contribution in [3.05, 3.63) is 58.3 Å². The Hall–Kier alpha value is -1.40. The zero-order valence-electron chi connectivity index (χ0n) is 10.0. The Morgan fingerprint density at radius 2 is 1.84 bits per heavy atom. The summed E-state index contributed by atoms with van der Waals surface area (Å²) in [4.78, 5) is 0.200. The minimum Gasteiger partial charge on any atom is -0.278 e. The Morgan fingerprint density at radius 3 is 2.47 bits per heavy atom. The maximum atomic E-state index is 13.0. The first-order valence-electron chi connectivity index (χ1n) is 5.43. The monoisotopic (exact) mass is 343 g/mol. The fourth-order valence-electron chi connectivity index (χ4n) is 1.63. The molecule has 2 rings (SSSR count). The van der Waals surface area contributed by atoms with Crippen molar-refractivity contribution in [3.63, 3.8) is 0 Å². The minimum absolute atomic E-state index is 0.200. The molecule has 3 nitrogen and oxygen atoms in total. The van der Waals surface area contributed by atoms with E-state index in [1.54, 1.807) is 25.1 Å². The topological polar surface area (TPSA) is 46.2 Å². The summed E-state index contributed by atoms with van der Waals surface area (Å²) in [6, 6.07) is 10.4. The van der Waals surface area contributed by atoms with Crippen molar-refractivity contribution in [1.82, 2.24) is 0 Å². The van der Waals surface area contributed by atoms with E-state index in [1.165, 1.54) is 24.3 Å². The van der Waals surface area contributed by atoms with Crippen LogP contribution in [0.4, 0.5) is 10.1 Å². The lowest BCUT2D eigenvalue weighted by Gasteiger charge is -2.11. The van der Waals surface area contributed by atoms with Gasteiger partial charge in [-0.05, 0) is 52.7 Å². The highest BCUT2D eigenvalue weighted by atomic mass is 79.9. The number of hydrogen-bond donors (Lipinski definition) is 1.